The summed E-state index contributed by atoms with van der Waals surface area (Å²) in [6, 6.07) is 7.66. The summed E-state index contributed by atoms with van der Waals surface area (Å²) in [6.45, 7) is 7.38. The Kier molecular flexibility index (Phi) is 5.16. The van der Waals surface area contributed by atoms with E-state index in [1.165, 1.54) is 0 Å². The number of piperidine rings is 1. The largest absolute Gasteiger partial charge is 0.338 e. The van der Waals surface area contributed by atoms with Crippen LogP contribution < -0.4 is 5.73 Å². The Morgan fingerprint density at radius 1 is 1.32 bits per heavy atom. The van der Waals surface area contributed by atoms with Crippen molar-refractivity contribution in [3.63, 3.8) is 0 Å². The van der Waals surface area contributed by atoms with Gasteiger partial charge in [0.2, 0.25) is 0 Å². The molecule has 1 fully saturated rings. The van der Waals surface area contributed by atoms with Gasteiger partial charge >= 0.3 is 0 Å². The van der Waals surface area contributed by atoms with Crippen molar-refractivity contribution in [1.82, 2.24) is 14.7 Å². The van der Waals surface area contributed by atoms with E-state index in [1.54, 1.807) is 4.68 Å². The summed E-state index contributed by atoms with van der Waals surface area (Å²) in [6.07, 6.45) is 2.11. The molecular weight excluding hydrogens is 336 g/mol. The number of aryl methyl sites for hydroxylation is 1. The van der Waals surface area contributed by atoms with Crippen molar-refractivity contribution in [2.24, 2.45) is 11.7 Å². The normalized spacial score (nSPS) is 19.1. The van der Waals surface area contributed by atoms with E-state index in [4.69, 9.17) is 17.3 Å². The number of benzene rings is 1. The van der Waals surface area contributed by atoms with Gasteiger partial charge in [0, 0.05) is 24.7 Å². The van der Waals surface area contributed by atoms with Crippen LogP contribution in [0.1, 0.15) is 41.5 Å². The van der Waals surface area contributed by atoms with Gasteiger partial charge < -0.3 is 10.6 Å². The Morgan fingerprint density at radius 3 is 2.56 bits per heavy atom. The van der Waals surface area contributed by atoms with Crippen molar-refractivity contribution in [3.05, 3.63) is 46.2 Å². The van der Waals surface area contributed by atoms with Gasteiger partial charge in [-0.3, -0.25) is 4.79 Å². The Morgan fingerprint density at radius 2 is 2.00 bits per heavy atom. The summed E-state index contributed by atoms with van der Waals surface area (Å²) in [5.41, 5.74) is 9.32. The lowest BCUT2D eigenvalue weighted by atomic mass is 9.92. The van der Waals surface area contributed by atoms with Crippen LogP contribution in [-0.2, 0) is 0 Å². The van der Waals surface area contributed by atoms with Gasteiger partial charge in [-0.2, -0.15) is 5.10 Å². The second-order valence-corrected chi connectivity index (χ2v) is 7.33. The van der Waals surface area contributed by atoms with Crippen LogP contribution in [0.3, 0.4) is 0 Å². The first-order valence-corrected chi connectivity index (χ1v) is 9.13. The standard InChI is InChI=1S/C19H25ClN4O/c1-12(21)16-5-4-10-23(11-16)19(25)15-6-8-17(9-7-15)24-14(3)18(20)13(2)22-24/h6-9,12,16H,4-5,10-11,21H2,1-3H3/t12-,16+/m1/s1. The Hall–Kier alpha value is -1.85. The molecule has 2 aromatic rings. The van der Waals surface area contributed by atoms with E-state index in [9.17, 15) is 4.79 Å². The molecule has 0 spiro atoms. The van der Waals surface area contributed by atoms with Crippen molar-refractivity contribution in [2.75, 3.05) is 13.1 Å². The Balaban J connectivity index is 1.78. The van der Waals surface area contributed by atoms with Crippen LogP contribution in [0, 0.1) is 19.8 Å². The van der Waals surface area contributed by atoms with Crippen LogP contribution in [-0.4, -0.2) is 39.7 Å². The molecule has 1 aliphatic heterocycles. The first-order chi connectivity index (χ1) is 11.9. The number of halogens is 1. The monoisotopic (exact) mass is 360 g/mol. The molecule has 0 radical (unpaired) electrons. The van der Waals surface area contributed by atoms with Gasteiger partial charge in [-0.1, -0.05) is 11.6 Å². The van der Waals surface area contributed by atoms with Crippen molar-refractivity contribution in [1.29, 1.82) is 0 Å². The molecule has 1 aromatic carbocycles. The van der Waals surface area contributed by atoms with E-state index in [-0.39, 0.29) is 11.9 Å². The molecule has 0 saturated carbocycles. The van der Waals surface area contributed by atoms with E-state index >= 15 is 0 Å². The van der Waals surface area contributed by atoms with Gasteiger partial charge in [-0.25, -0.2) is 4.68 Å². The fourth-order valence-electron chi connectivity index (χ4n) is 3.43. The first kappa shape index (κ1) is 18.0. The molecule has 1 aromatic heterocycles. The third-order valence-corrected chi connectivity index (χ3v) is 5.60. The minimum absolute atomic E-state index is 0.0725. The molecule has 1 amide bonds. The van der Waals surface area contributed by atoms with E-state index in [1.807, 2.05) is 49.9 Å². The quantitative estimate of drug-likeness (QED) is 0.912. The number of hydrogen-bond donors (Lipinski definition) is 1. The average Bonchev–Trinajstić information content (AvgIpc) is 2.89. The molecule has 134 valence electrons. The summed E-state index contributed by atoms with van der Waals surface area (Å²) in [5, 5.41) is 5.13. The molecule has 0 aliphatic carbocycles. The van der Waals surface area contributed by atoms with Crippen LogP contribution in [0.25, 0.3) is 5.69 Å². The minimum Gasteiger partial charge on any atom is -0.338 e. The molecular formula is C19H25ClN4O. The maximum Gasteiger partial charge on any atom is 0.253 e. The predicted octanol–water partition coefficient (Wildman–Crippen LogP) is 3.34. The highest BCUT2D eigenvalue weighted by Crippen LogP contribution is 2.24. The SMILES string of the molecule is Cc1nn(-c2ccc(C(=O)N3CCC[C@H]([C@@H](C)N)C3)cc2)c(C)c1Cl. The van der Waals surface area contributed by atoms with Crippen molar-refractivity contribution in [2.45, 2.75) is 39.7 Å². The second kappa shape index (κ2) is 7.18. The highest BCUT2D eigenvalue weighted by molar-refractivity contribution is 6.31. The smallest absolute Gasteiger partial charge is 0.253 e. The lowest BCUT2D eigenvalue weighted by Crippen LogP contribution is -2.45. The molecule has 25 heavy (non-hydrogen) atoms. The maximum absolute atomic E-state index is 12.8. The fraction of sp³-hybridized carbons (Fsp3) is 0.474. The van der Waals surface area contributed by atoms with Gasteiger partial charge in [-0.05, 0) is 63.8 Å². The number of carbonyl (C=O) groups excluding carboxylic acids is 1. The molecule has 2 heterocycles. The van der Waals surface area contributed by atoms with Crippen LogP contribution in [0.4, 0.5) is 0 Å². The third-order valence-electron chi connectivity index (χ3n) is 5.05. The van der Waals surface area contributed by atoms with Crippen LogP contribution >= 0.6 is 11.6 Å². The van der Waals surface area contributed by atoms with Gasteiger partial charge in [-0.15, -0.1) is 0 Å². The minimum atomic E-state index is 0.0725. The van der Waals surface area contributed by atoms with Crippen LogP contribution in [0.2, 0.25) is 5.02 Å². The number of rotatable bonds is 3. The molecule has 3 rings (SSSR count). The summed E-state index contributed by atoms with van der Waals surface area (Å²) >= 11 is 6.22. The fourth-order valence-corrected chi connectivity index (χ4v) is 3.54. The number of aromatic nitrogens is 2. The molecule has 0 bridgehead atoms. The molecule has 2 N–H and O–H groups in total. The summed E-state index contributed by atoms with van der Waals surface area (Å²) < 4.78 is 1.80. The van der Waals surface area contributed by atoms with Crippen LogP contribution in [0.15, 0.2) is 24.3 Å². The predicted molar refractivity (Wildman–Crippen MR) is 100 cm³/mol. The van der Waals surface area contributed by atoms with Crippen molar-refractivity contribution >= 4 is 17.5 Å². The number of amides is 1. The molecule has 2 atom stereocenters. The van der Waals surface area contributed by atoms with Crippen LogP contribution in [0.5, 0.6) is 0 Å². The molecule has 0 unspecified atom stereocenters. The van der Waals surface area contributed by atoms with Gasteiger partial charge in [0.15, 0.2) is 0 Å². The third kappa shape index (κ3) is 3.58. The number of carbonyl (C=O) groups is 1. The number of nitrogens with two attached hydrogens (primary N) is 1. The van der Waals surface area contributed by atoms with Crippen molar-refractivity contribution < 1.29 is 4.79 Å². The summed E-state index contributed by atoms with van der Waals surface area (Å²) in [7, 11) is 0. The maximum atomic E-state index is 12.8. The van der Waals surface area contributed by atoms with Crippen molar-refractivity contribution in [3.8, 4) is 5.69 Å². The highest BCUT2D eigenvalue weighted by Gasteiger charge is 2.26. The number of nitrogens with zero attached hydrogens (tertiary/aromatic N) is 3. The summed E-state index contributed by atoms with van der Waals surface area (Å²) in [4.78, 5) is 14.7. The number of likely N-dealkylation sites (tertiary alicyclic amines) is 1. The van der Waals surface area contributed by atoms with Gasteiger partial charge in [0.05, 0.1) is 22.1 Å². The molecule has 6 heteroatoms. The Labute approximate surface area is 153 Å². The highest BCUT2D eigenvalue weighted by atomic mass is 35.5. The first-order valence-electron chi connectivity index (χ1n) is 8.75. The van der Waals surface area contributed by atoms with E-state index in [0.29, 0.717) is 16.5 Å². The lowest BCUT2D eigenvalue weighted by molar-refractivity contribution is 0.0661. The summed E-state index contributed by atoms with van der Waals surface area (Å²) in [5.74, 6) is 0.456. The van der Waals surface area contributed by atoms with E-state index < -0.39 is 0 Å². The van der Waals surface area contributed by atoms with E-state index in [0.717, 1.165) is 43.0 Å². The lowest BCUT2D eigenvalue weighted by Gasteiger charge is -2.34. The number of hydrogen-bond acceptors (Lipinski definition) is 3. The zero-order valence-corrected chi connectivity index (χ0v) is 15.8. The second-order valence-electron chi connectivity index (χ2n) is 6.96. The molecule has 5 nitrogen and oxygen atoms in total. The van der Waals surface area contributed by atoms with Gasteiger partial charge in [0.1, 0.15) is 0 Å². The van der Waals surface area contributed by atoms with E-state index in [2.05, 4.69) is 5.10 Å². The zero-order chi connectivity index (χ0) is 18.1. The molecule has 1 saturated heterocycles. The molecule has 1 aliphatic rings. The topological polar surface area (TPSA) is 64.2 Å². The van der Waals surface area contributed by atoms with Gasteiger partial charge in [0.25, 0.3) is 5.91 Å². The average molecular weight is 361 g/mol. The zero-order valence-electron chi connectivity index (χ0n) is 15.0. The Bertz CT molecular complexity index is 766.